The highest BCUT2D eigenvalue weighted by molar-refractivity contribution is 7.91. The molecule has 2 amide bonds. The Kier molecular flexibility index (Phi) is 4.88. The van der Waals surface area contributed by atoms with Crippen LogP contribution in [0.2, 0.25) is 0 Å². The molecular formula is C16H20N2O5S. The molecule has 0 spiro atoms. The molecule has 2 aromatic rings. The van der Waals surface area contributed by atoms with Crippen LogP contribution in [-0.2, 0) is 15.3 Å². The van der Waals surface area contributed by atoms with Crippen molar-refractivity contribution in [3.05, 3.63) is 47.9 Å². The Hall–Kier alpha value is -2.48. The number of rotatable bonds is 6. The van der Waals surface area contributed by atoms with E-state index in [1.807, 2.05) is 19.9 Å². The summed E-state index contributed by atoms with van der Waals surface area (Å²) in [5, 5.41) is 2.10. The van der Waals surface area contributed by atoms with E-state index in [9.17, 15) is 13.2 Å². The van der Waals surface area contributed by atoms with Crippen molar-refractivity contribution < 1.29 is 22.4 Å². The van der Waals surface area contributed by atoms with Crippen molar-refractivity contribution in [1.82, 2.24) is 5.32 Å². The molecule has 0 fully saturated rings. The number of urea groups is 1. The molecule has 0 saturated heterocycles. The molecule has 0 aliphatic carbocycles. The van der Waals surface area contributed by atoms with Crippen LogP contribution in [0.25, 0.3) is 0 Å². The van der Waals surface area contributed by atoms with Gasteiger partial charge in [0.25, 0.3) is 0 Å². The van der Waals surface area contributed by atoms with Crippen LogP contribution in [0.15, 0.2) is 46.1 Å². The minimum Gasteiger partial charge on any atom is -0.495 e. The lowest BCUT2D eigenvalue weighted by molar-refractivity contribution is 0.250. The summed E-state index contributed by atoms with van der Waals surface area (Å²) in [5.74, 6) is -0.401. The summed E-state index contributed by atoms with van der Waals surface area (Å²) in [6.07, 6.45) is 3.18. The van der Waals surface area contributed by atoms with Gasteiger partial charge in [-0.1, -0.05) is 19.9 Å². The first kappa shape index (κ1) is 17.9. The fourth-order valence-electron chi connectivity index (χ4n) is 2.34. The summed E-state index contributed by atoms with van der Waals surface area (Å²) < 4.78 is 35.3. The third-order valence-corrected chi connectivity index (χ3v) is 5.41. The molecule has 0 aliphatic rings. The van der Waals surface area contributed by atoms with Gasteiger partial charge in [0.05, 0.1) is 19.6 Å². The molecule has 1 heterocycles. The first-order valence-corrected chi connectivity index (χ1v) is 8.81. The number of primary amides is 1. The summed E-state index contributed by atoms with van der Waals surface area (Å²) >= 11 is 0. The molecule has 130 valence electrons. The number of ether oxygens (including phenoxy) is 1. The van der Waals surface area contributed by atoms with Crippen LogP contribution in [0.5, 0.6) is 5.75 Å². The quantitative estimate of drug-likeness (QED) is 0.826. The van der Waals surface area contributed by atoms with Crippen molar-refractivity contribution in [2.75, 3.05) is 13.0 Å². The number of benzene rings is 1. The van der Waals surface area contributed by atoms with Crippen molar-refractivity contribution in [1.29, 1.82) is 0 Å². The van der Waals surface area contributed by atoms with Gasteiger partial charge < -0.3 is 20.2 Å². The molecule has 0 saturated carbocycles. The highest BCUT2D eigenvalue weighted by Crippen LogP contribution is 2.35. The normalized spacial score (nSPS) is 12.0. The summed E-state index contributed by atoms with van der Waals surface area (Å²) in [5.41, 5.74) is 6.16. The van der Waals surface area contributed by atoms with Crippen molar-refractivity contribution in [2.45, 2.75) is 24.2 Å². The lowest BCUT2D eigenvalue weighted by Gasteiger charge is -2.25. The van der Waals surface area contributed by atoms with Crippen molar-refractivity contribution >= 4 is 15.9 Å². The molecule has 1 aromatic heterocycles. The van der Waals surface area contributed by atoms with E-state index in [0.717, 1.165) is 11.1 Å². The number of furan rings is 1. The Labute approximate surface area is 140 Å². The molecule has 24 heavy (non-hydrogen) atoms. The van der Waals surface area contributed by atoms with Crippen LogP contribution in [0.4, 0.5) is 4.79 Å². The predicted molar refractivity (Wildman–Crippen MR) is 88.6 cm³/mol. The number of sulfone groups is 1. The minimum atomic E-state index is -3.81. The lowest BCUT2D eigenvalue weighted by Crippen LogP contribution is -2.34. The van der Waals surface area contributed by atoms with Crippen LogP contribution in [0, 0.1) is 0 Å². The van der Waals surface area contributed by atoms with Crippen LogP contribution in [0.1, 0.15) is 25.0 Å². The average molecular weight is 352 g/mol. The van der Waals surface area contributed by atoms with Crippen molar-refractivity contribution in [3.63, 3.8) is 0 Å². The molecule has 0 radical (unpaired) electrons. The van der Waals surface area contributed by atoms with Gasteiger partial charge in [0, 0.05) is 11.0 Å². The molecule has 7 nitrogen and oxygen atoms in total. The molecule has 2 rings (SSSR count). The summed E-state index contributed by atoms with van der Waals surface area (Å²) in [6, 6.07) is 5.85. The monoisotopic (exact) mass is 352 g/mol. The van der Waals surface area contributed by atoms with E-state index in [-0.39, 0.29) is 10.6 Å². The second kappa shape index (κ2) is 6.56. The van der Waals surface area contributed by atoms with E-state index >= 15 is 0 Å². The van der Waals surface area contributed by atoms with E-state index in [4.69, 9.17) is 14.9 Å². The van der Waals surface area contributed by atoms with Gasteiger partial charge in [0.15, 0.2) is 9.84 Å². The number of carbonyl (C=O) groups excluding carboxylic acids is 1. The second-order valence-corrected chi connectivity index (χ2v) is 7.76. The van der Waals surface area contributed by atoms with Gasteiger partial charge in [0.1, 0.15) is 16.5 Å². The number of nitrogens with one attached hydrogen (secondary N) is 1. The maximum absolute atomic E-state index is 12.5. The first-order valence-electron chi connectivity index (χ1n) is 7.15. The van der Waals surface area contributed by atoms with E-state index in [1.165, 1.54) is 7.11 Å². The number of hydrogen-bond acceptors (Lipinski definition) is 5. The Morgan fingerprint density at radius 1 is 1.29 bits per heavy atom. The number of carbonyl (C=O) groups is 1. The standard InChI is InChI=1S/C16H20N2O5S/c1-16(2,12-6-7-23-9-12)11-4-5-13(22-3)14(8-11)24(20,21)10-18-15(17)19/h4-9H,10H2,1-3H3,(H3,17,18,19). The Bertz CT molecular complexity index is 826. The maximum atomic E-state index is 12.5. The van der Waals surface area contributed by atoms with Gasteiger partial charge in [0.2, 0.25) is 0 Å². The van der Waals surface area contributed by atoms with Gasteiger partial charge in [-0.05, 0) is 23.8 Å². The molecule has 0 atom stereocenters. The summed E-state index contributed by atoms with van der Waals surface area (Å²) in [4.78, 5) is 10.8. The van der Waals surface area contributed by atoms with Crippen LogP contribution < -0.4 is 15.8 Å². The molecule has 0 aliphatic heterocycles. The largest absolute Gasteiger partial charge is 0.495 e. The summed E-state index contributed by atoms with van der Waals surface area (Å²) in [6.45, 7) is 3.91. The Morgan fingerprint density at radius 2 is 2.00 bits per heavy atom. The SMILES string of the molecule is COc1ccc(C(C)(C)c2ccoc2)cc1S(=O)(=O)CNC(N)=O. The number of methoxy groups -OCH3 is 1. The second-order valence-electron chi connectivity index (χ2n) is 5.80. The van der Waals surface area contributed by atoms with E-state index < -0.39 is 27.2 Å². The zero-order valence-corrected chi connectivity index (χ0v) is 14.5. The molecule has 0 bridgehead atoms. The molecule has 0 unspecified atom stereocenters. The minimum absolute atomic E-state index is 0.00665. The number of nitrogens with two attached hydrogens (primary N) is 1. The van der Waals surface area contributed by atoms with Crippen LogP contribution in [-0.4, -0.2) is 27.4 Å². The van der Waals surface area contributed by atoms with Gasteiger partial charge in [-0.15, -0.1) is 0 Å². The lowest BCUT2D eigenvalue weighted by atomic mass is 9.79. The third-order valence-electron chi connectivity index (χ3n) is 3.90. The first-order chi connectivity index (χ1) is 11.2. The highest BCUT2D eigenvalue weighted by atomic mass is 32.2. The van der Waals surface area contributed by atoms with E-state index in [2.05, 4.69) is 5.32 Å². The van der Waals surface area contributed by atoms with E-state index in [0.29, 0.717) is 0 Å². The van der Waals surface area contributed by atoms with Gasteiger partial charge >= 0.3 is 6.03 Å². The van der Waals surface area contributed by atoms with Crippen molar-refractivity contribution in [3.8, 4) is 5.75 Å². The summed E-state index contributed by atoms with van der Waals surface area (Å²) in [7, 11) is -2.42. The molecular weight excluding hydrogens is 332 g/mol. The van der Waals surface area contributed by atoms with Crippen LogP contribution >= 0.6 is 0 Å². The van der Waals surface area contributed by atoms with E-state index in [1.54, 1.807) is 30.7 Å². The zero-order valence-electron chi connectivity index (χ0n) is 13.7. The average Bonchev–Trinajstić information content (AvgIpc) is 3.07. The Balaban J connectivity index is 2.50. The maximum Gasteiger partial charge on any atom is 0.313 e. The Morgan fingerprint density at radius 3 is 2.54 bits per heavy atom. The van der Waals surface area contributed by atoms with Gasteiger partial charge in [-0.3, -0.25) is 0 Å². The fraction of sp³-hybridized carbons (Fsp3) is 0.312. The molecule has 3 N–H and O–H groups in total. The topological polar surface area (TPSA) is 112 Å². The van der Waals surface area contributed by atoms with Crippen LogP contribution in [0.3, 0.4) is 0 Å². The third kappa shape index (κ3) is 3.53. The predicted octanol–water partition coefficient (Wildman–Crippen LogP) is 2.01. The molecule has 1 aromatic carbocycles. The van der Waals surface area contributed by atoms with Crippen molar-refractivity contribution in [2.24, 2.45) is 5.73 Å². The number of amides is 2. The van der Waals surface area contributed by atoms with Gasteiger partial charge in [-0.25, -0.2) is 13.2 Å². The van der Waals surface area contributed by atoms with Gasteiger partial charge in [-0.2, -0.15) is 0 Å². The molecule has 8 heteroatoms. The smallest absolute Gasteiger partial charge is 0.313 e. The highest BCUT2D eigenvalue weighted by Gasteiger charge is 2.28. The zero-order chi connectivity index (χ0) is 18.0. The number of hydrogen-bond donors (Lipinski definition) is 2. The fourth-order valence-corrected chi connectivity index (χ4v) is 3.59.